The summed E-state index contributed by atoms with van der Waals surface area (Å²) < 4.78 is 15.9. The number of rotatable bonds is 4. The molecule has 0 N–H and O–H groups in total. The van der Waals surface area contributed by atoms with Crippen LogP contribution in [-0.4, -0.2) is 20.0 Å². The van der Waals surface area contributed by atoms with Gasteiger partial charge >= 0.3 is 0 Å². The zero-order valence-corrected chi connectivity index (χ0v) is 11.8. The van der Waals surface area contributed by atoms with Gasteiger partial charge in [0, 0.05) is 6.04 Å². The van der Waals surface area contributed by atoms with Crippen LogP contribution in [0.15, 0.2) is 29.4 Å². The predicted molar refractivity (Wildman–Crippen MR) is 74.6 cm³/mol. The molecule has 1 aromatic carbocycles. The largest absolute Gasteiger partial charge is 0.299 e. The van der Waals surface area contributed by atoms with Gasteiger partial charge in [-0.1, -0.05) is 23.9 Å². The number of halogens is 1. The highest BCUT2D eigenvalue weighted by atomic mass is 32.2. The lowest BCUT2D eigenvalue weighted by Crippen LogP contribution is -2.02. The molecule has 3 rings (SSSR count). The van der Waals surface area contributed by atoms with E-state index in [-0.39, 0.29) is 11.1 Å². The SMILES string of the molecule is C[C@H](C#N)Sc1nnc(-c2ccccc2F)n1C1CC1. The zero-order valence-electron chi connectivity index (χ0n) is 11.0. The van der Waals surface area contributed by atoms with Crippen molar-refractivity contribution >= 4 is 11.8 Å². The summed E-state index contributed by atoms with van der Waals surface area (Å²) in [5, 5.41) is 17.7. The Morgan fingerprint density at radius 3 is 2.80 bits per heavy atom. The van der Waals surface area contributed by atoms with Crippen LogP contribution in [0.3, 0.4) is 0 Å². The quantitative estimate of drug-likeness (QED) is 0.809. The van der Waals surface area contributed by atoms with Gasteiger partial charge in [0.25, 0.3) is 0 Å². The van der Waals surface area contributed by atoms with Crippen LogP contribution < -0.4 is 0 Å². The first-order valence-corrected chi connectivity index (χ1v) is 7.34. The lowest BCUT2D eigenvalue weighted by Gasteiger charge is -2.09. The molecule has 1 atom stereocenters. The van der Waals surface area contributed by atoms with E-state index in [0.717, 1.165) is 12.8 Å². The Balaban J connectivity index is 2.04. The first kappa shape index (κ1) is 13.1. The number of benzene rings is 1. The van der Waals surface area contributed by atoms with E-state index in [1.807, 2.05) is 11.5 Å². The van der Waals surface area contributed by atoms with Gasteiger partial charge in [-0.2, -0.15) is 5.26 Å². The minimum Gasteiger partial charge on any atom is -0.299 e. The molecule has 1 saturated carbocycles. The smallest absolute Gasteiger partial charge is 0.193 e. The van der Waals surface area contributed by atoms with E-state index in [1.165, 1.54) is 17.8 Å². The number of nitrogens with zero attached hydrogens (tertiary/aromatic N) is 4. The van der Waals surface area contributed by atoms with Crippen molar-refractivity contribution in [3.63, 3.8) is 0 Å². The van der Waals surface area contributed by atoms with Gasteiger partial charge in [-0.3, -0.25) is 4.57 Å². The summed E-state index contributed by atoms with van der Waals surface area (Å²) in [6.45, 7) is 1.82. The molecule has 6 heteroatoms. The number of aromatic nitrogens is 3. The monoisotopic (exact) mass is 288 g/mol. The molecule has 0 saturated heterocycles. The molecule has 2 aromatic rings. The predicted octanol–water partition coefficient (Wildman–Crippen LogP) is 3.42. The highest BCUT2D eigenvalue weighted by Gasteiger charge is 2.31. The van der Waals surface area contributed by atoms with Crippen molar-refractivity contribution in [1.29, 1.82) is 5.26 Å². The molecule has 4 nitrogen and oxygen atoms in total. The topological polar surface area (TPSA) is 54.5 Å². The average Bonchev–Trinajstić information content (AvgIpc) is 3.21. The summed E-state index contributed by atoms with van der Waals surface area (Å²) in [7, 11) is 0. The molecule has 1 aliphatic carbocycles. The Labute approximate surface area is 120 Å². The van der Waals surface area contributed by atoms with Crippen LogP contribution >= 0.6 is 11.8 Å². The van der Waals surface area contributed by atoms with Crippen molar-refractivity contribution in [2.45, 2.75) is 36.2 Å². The fourth-order valence-corrected chi connectivity index (χ4v) is 2.84. The zero-order chi connectivity index (χ0) is 14.1. The van der Waals surface area contributed by atoms with Crippen LogP contribution in [0.1, 0.15) is 25.8 Å². The van der Waals surface area contributed by atoms with E-state index in [0.29, 0.717) is 22.6 Å². The number of thioether (sulfide) groups is 1. The minimum atomic E-state index is -0.299. The first-order chi connectivity index (χ1) is 9.70. The van der Waals surface area contributed by atoms with Crippen molar-refractivity contribution in [1.82, 2.24) is 14.8 Å². The van der Waals surface area contributed by atoms with Crippen LogP contribution in [0.4, 0.5) is 4.39 Å². The lowest BCUT2D eigenvalue weighted by molar-refractivity contribution is 0.622. The molecule has 0 radical (unpaired) electrons. The molecule has 0 aliphatic heterocycles. The van der Waals surface area contributed by atoms with E-state index in [2.05, 4.69) is 16.3 Å². The van der Waals surface area contributed by atoms with Gasteiger partial charge in [-0.25, -0.2) is 4.39 Å². The van der Waals surface area contributed by atoms with Crippen molar-refractivity contribution in [3.8, 4) is 17.5 Å². The third kappa shape index (κ3) is 2.41. The molecular weight excluding hydrogens is 275 g/mol. The second kappa shape index (κ2) is 5.25. The highest BCUT2D eigenvalue weighted by molar-refractivity contribution is 8.00. The second-order valence-corrected chi connectivity index (χ2v) is 6.08. The number of hydrogen-bond donors (Lipinski definition) is 0. The molecule has 1 fully saturated rings. The van der Waals surface area contributed by atoms with Gasteiger partial charge in [-0.05, 0) is 31.9 Å². The summed E-state index contributed by atoms with van der Waals surface area (Å²) in [6.07, 6.45) is 2.10. The van der Waals surface area contributed by atoms with Crippen molar-refractivity contribution in [3.05, 3.63) is 30.1 Å². The maximum absolute atomic E-state index is 13.9. The molecular formula is C14H13FN4S. The lowest BCUT2D eigenvalue weighted by atomic mass is 10.2. The summed E-state index contributed by atoms with van der Waals surface area (Å²) in [5.41, 5.74) is 0.461. The van der Waals surface area contributed by atoms with E-state index in [4.69, 9.17) is 5.26 Å². The van der Waals surface area contributed by atoms with Crippen LogP contribution in [0.5, 0.6) is 0 Å². The van der Waals surface area contributed by atoms with Gasteiger partial charge in [-0.15, -0.1) is 10.2 Å². The Morgan fingerprint density at radius 2 is 2.15 bits per heavy atom. The number of nitriles is 1. The van der Waals surface area contributed by atoms with Crippen molar-refractivity contribution in [2.24, 2.45) is 0 Å². The third-order valence-electron chi connectivity index (χ3n) is 3.16. The van der Waals surface area contributed by atoms with Crippen LogP contribution in [-0.2, 0) is 0 Å². The van der Waals surface area contributed by atoms with Gasteiger partial charge in [0.1, 0.15) is 5.82 Å². The Morgan fingerprint density at radius 1 is 1.40 bits per heavy atom. The van der Waals surface area contributed by atoms with Crippen molar-refractivity contribution in [2.75, 3.05) is 0 Å². The summed E-state index contributed by atoms with van der Waals surface area (Å²) in [4.78, 5) is 0. The normalized spacial score (nSPS) is 15.8. The van der Waals surface area contributed by atoms with Gasteiger partial charge in [0.2, 0.25) is 0 Å². The maximum atomic E-state index is 13.9. The van der Waals surface area contributed by atoms with Gasteiger partial charge in [0.15, 0.2) is 11.0 Å². The summed E-state index contributed by atoms with van der Waals surface area (Å²) in [6, 6.07) is 9.07. The van der Waals surface area contributed by atoms with E-state index < -0.39 is 0 Å². The van der Waals surface area contributed by atoms with E-state index in [9.17, 15) is 4.39 Å². The van der Waals surface area contributed by atoms with Crippen molar-refractivity contribution < 1.29 is 4.39 Å². The minimum absolute atomic E-state index is 0.204. The Kier molecular flexibility index (Phi) is 3.45. The highest BCUT2D eigenvalue weighted by Crippen LogP contribution is 2.41. The molecule has 0 bridgehead atoms. The van der Waals surface area contributed by atoms with Gasteiger partial charge in [0.05, 0.1) is 16.9 Å². The molecule has 20 heavy (non-hydrogen) atoms. The Bertz CT molecular complexity index is 672. The number of hydrogen-bond acceptors (Lipinski definition) is 4. The standard InChI is InChI=1S/C14H13FN4S/c1-9(8-16)20-14-18-17-13(19(14)10-6-7-10)11-4-2-3-5-12(11)15/h2-5,9-10H,6-7H2,1H3/t9-/m1/s1. The fourth-order valence-electron chi connectivity index (χ4n) is 2.03. The van der Waals surface area contributed by atoms with Gasteiger partial charge < -0.3 is 0 Å². The van der Waals surface area contributed by atoms with E-state index in [1.54, 1.807) is 18.2 Å². The summed E-state index contributed by atoms with van der Waals surface area (Å²) in [5.74, 6) is 0.255. The maximum Gasteiger partial charge on any atom is 0.193 e. The average molecular weight is 288 g/mol. The molecule has 1 aliphatic rings. The second-order valence-electron chi connectivity index (χ2n) is 4.78. The fraction of sp³-hybridized carbons (Fsp3) is 0.357. The molecule has 1 aromatic heterocycles. The molecule has 1 heterocycles. The Hall–Kier alpha value is -1.87. The van der Waals surface area contributed by atoms with Crippen LogP contribution in [0, 0.1) is 17.1 Å². The summed E-state index contributed by atoms with van der Waals surface area (Å²) >= 11 is 1.37. The molecule has 0 unspecified atom stereocenters. The third-order valence-corrected chi connectivity index (χ3v) is 4.10. The van der Waals surface area contributed by atoms with Crippen LogP contribution in [0.2, 0.25) is 0 Å². The molecule has 102 valence electrons. The van der Waals surface area contributed by atoms with E-state index >= 15 is 0 Å². The molecule has 0 spiro atoms. The van der Waals surface area contributed by atoms with Crippen LogP contribution in [0.25, 0.3) is 11.4 Å². The first-order valence-electron chi connectivity index (χ1n) is 6.46. The molecule has 0 amide bonds.